The summed E-state index contributed by atoms with van der Waals surface area (Å²) in [6, 6.07) is 3.97. The minimum atomic E-state index is -2.00. The molecule has 0 bridgehead atoms. The Bertz CT molecular complexity index is 1330. The van der Waals surface area contributed by atoms with Crippen LogP contribution in [0.25, 0.3) is 17.1 Å². The molecule has 0 radical (unpaired) electrons. The quantitative estimate of drug-likeness (QED) is 0.513. The maximum absolute atomic E-state index is 13.0. The Labute approximate surface area is 212 Å². The summed E-state index contributed by atoms with van der Waals surface area (Å²) in [6.07, 6.45) is -0.0142. The number of hydrogen-bond donors (Lipinski definition) is 1. The lowest BCUT2D eigenvalue weighted by atomic mass is 10.1. The molecule has 2 saturated heterocycles. The Morgan fingerprint density at radius 2 is 1.78 bits per heavy atom. The van der Waals surface area contributed by atoms with Crippen molar-refractivity contribution in [3.8, 4) is 5.95 Å². The Balaban J connectivity index is 1.52. The van der Waals surface area contributed by atoms with Gasteiger partial charge < -0.3 is 18.6 Å². The number of aromatic amines is 1. The third-order valence-electron chi connectivity index (χ3n) is 7.72. The van der Waals surface area contributed by atoms with Crippen LogP contribution in [0.1, 0.15) is 52.2 Å². The first-order valence-corrected chi connectivity index (χ1v) is 15.4. The van der Waals surface area contributed by atoms with Gasteiger partial charge in [0.1, 0.15) is 18.3 Å². The first-order valence-electron chi connectivity index (χ1n) is 12.5. The molecule has 3 aromatic rings. The first-order chi connectivity index (χ1) is 16.7. The average Bonchev–Trinajstić information content (AvgIpc) is 3.48. The largest absolute Gasteiger partial charge is 0.414 e. The lowest BCUT2D eigenvalue weighted by Gasteiger charge is -2.37. The van der Waals surface area contributed by atoms with Crippen molar-refractivity contribution < 1.29 is 18.6 Å². The van der Waals surface area contributed by atoms with Gasteiger partial charge in [-0.05, 0) is 58.0 Å². The van der Waals surface area contributed by atoms with Crippen molar-refractivity contribution >= 4 is 19.5 Å². The smallest absolute Gasteiger partial charge is 0.280 e. The number of H-pyrrole nitrogens is 1. The minimum Gasteiger partial charge on any atom is -0.414 e. The van der Waals surface area contributed by atoms with E-state index in [9.17, 15) is 4.79 Å². The van der Waals surface area contributed by atoms with E-state index < -0.39 is 26.4 Å². The summed E-state index contributed by atoms with van der Waals surface area (Å²) in [5.74, 6) is -0.330. The topological polar surface area (TPSA) is 105 Å². The molecule has 0 aliphatic carbocycles. The SMILES string of the molecule is Cc1ccc(C)n1-c1nc2c(ncn2[C@@H]2O[C@H](CO[Si](C)(C)C(C)(C)C)[C@H]3OC(C)(C)O[C@H]32)c(=O)[nH]1. The summed E-state index contributed by atoms with van der Waals surface area (Å²) in [5, 5.41) is 0.0767. The first kappa shape index (κ1) is 25.3. The van der Waals surface area contributed by atoms with Crippen LogP contribution >= 0.6 is 0 Å². The molecule has 0 unspecified atom stereocenters. The van der Waals surface area contributed by atoms with Crippen LogP contribution in [0.4, 0.5) is 0 Å². The number of imidazole rings is 1. The third kappa shape index (κ3) is 4.16. The number of aryl methyl sites for hydroxylation is 2. The predicted molar refractivity (Wildman–Crippen MR) is 138 cm³/mol. The average molecular weight is 516 g/mol. The number of rotatable bonds is 5. The highest BCUT2D eigenvalue weighted by Crippen LogP contribution is 2.44. The fourth-order valence-corrected chi connectivity index (χ4v) is 5.75. The van der Waals surface area contributed by atoms with E-state index in [1.54, 1.807) is 10.9 Å². The zero-order valence-corrected chi connectivity index (χ0v) is 23.6. The van der Waals surface area contributed by atoms with Gasteiger partial charge in [-0.15, -0.1) is 0 Å². The number of fused-ring (bicyclic) bond motifs is 2. The van der Waals surface area contributed by atoms with Crippen molar-refractivity contribution in [1.82, 2.24) is 24.1 Å². The highest BCUT2D eigenvalue weighted by Gasteiger charge is 2.56. The molecular formula is C25H37N5O5Si. The van der Waals surface area contributed by atoms with Crippen LogP contribution in [0, 0.1) is 13.8 Å². The van der Waals surface area contributed by atoms with Crippen LogP contribution in [0.2, 0.25) is 18.1 Å². The van der Waals surface area contributed by atoms with Gasteiger partial charge in [0.05, 0.1) is 12.9 Å². The molecule has 0 aromatic carbocycles. The Kier molecular flexibility index (Phi) is 5.88. The highest BCUT2D eigenvalue weighted by atomic mass is 28.4. The van der Waals surface area contributed by atoms with Gasteiger partial charge in [-0.2, -0.15) is 4.98 Å². The van der Waals surface area contributed by atoms with E-state index >= 15 is 0 Å². The van der Waals surface area contributed by atoms with E-state index in [1.165, 1.54) is 0 Å². The molecule has 0 spiro atoms. The van der Waals surface area contributed by atoms with Crippen molar-refractivity contribution in [3.05, 3.63) is 40.2 Å². The summed E-state index contributed by atoms with van der Waals surface area (Å²) in [6.45, 7) is 19.2. The number of nitrogens with one attached hydrogen (secondary N) is 1. The molecule has 11 heteroatoms. The van der Waals surface area contributed by atoms with Crippen molar-refractivity contribution in [2.75, 3.05) is 6.61 Å². The molecule has 0 amide bonds. The third-order valence-corrected chi connectivity index (χ3v) is 12.2. The van der Waals surface area contributed by atoms with Crippen LogP contribution in [0.15, 0.2) is 23.3 Å². The molecule has 2 fully saturated rings. The Morgan fingerprint density at radius 3 is 2.42 bits per heavy atom. The van der Waals surface area contributed by atoms with E-state index in [2.05, 4.69) is 43.8 Å². The van der Waals surface area contributed by atoms with Gasteiger partial charge in [0.2, 0.25) is 5.95 Å². The molecule has 3 aromatic heterocycles. The van der Waals surface area contributed by atoms with Gasteiger partial charge in [0.25, 0.3) is 5.56 Å². The molecule has 0 saturated carbocycles. The van der Waals surface area contributed by atoms with E-state index in [0.717, 1.165) is 11.4 Å². The molecular weight excluding hydrogens is 478 g/mol. The number of ether oxygens (including phenoxy) is 3. The summed E-state index contributed by atoms with van der Waals surface area (Å²) >= 11 is 0. The van der Waals surface area contributed by atoms with Gasteiger partial charge in [0, 0.05) is 11.4 Å². The number of nitrogens with zero attached hydrogens (tertiary/aromatic N) is 4. The van der Waals surface area contributed by atoms with Gasteiger partial charge in [-0.1, -0.05) is 20.8 Å². The van der Waals surface area contributed by atoms with Crippen LogP contribution in [-0.2, 0) is 18.6 Å². The van der Waals surface area contributed by atoms with E-state index in [4.69, 9.17) is 23.6 Å². The Morgan fingerprint density at radius 1 is 1.14 bits per heavy atom. The molecule has 2 aliphatic rings. The standard InChI is InChI=1S/C25H37N5O5Si/c1-14-10-11-15(2)30(14)23-27-20-17(21(31)28-23)26-13-29(20)22-19-18(34-25(6,7)35-19)16(33-22)12-32-36(8,9)24(3,4)5/h10-11,13,16,18-19,22H,12H2,1-9H3,(H,27,28,31)/t16-,18-,19-,22-/m1/s1. The predicted octanol–water partition coefficient (Wildman–Crippen LogP) is 3.97. The van der Waals surface area contributed by atoms with Crippen LogP contribution in [-0.4, -0.2) is 63.1 Å². The minimum absolute atomic E-state index is 0.0767. The summed E-state index contributed by atoms with van der Waals surface area (Å²) < 4.78 is 29.3. The second kappa shape index (κ2) is 8.35. The maximum atomic E-state index is 13.0. The normalized spacial score (nSPS) is 26.1. The lowest BCUT2D eigenvalue weighted by molar-refractivity contribution is -0.199. The fraction of sp³-hybridized carbons (Fsp3) is 0.640. The Hall–Kier alpha value is -2.31. The molecule has 10 nitrogen and oxygen atoms in total. The van der Waals surface area contributed by atoms with Crippen molar-refractivity contribution in [2.24, 2.45) is 0 Å². The number of aromatic nitrogens is 5. The van der Waals surface area contributed by atoms with Crippen molar-refractivity contribution in [3.63, 3.8) is 0 Å². The lowest BCUT2D eigenvalue weighted by Crippen LogP contribution is -2.44. The van der Waals surface area contributed by atoms with Crippen molar-refractivity contribution in [1.29, 1.82) is 0 Å². The highest BCUT2D eigenvalue weighted by molar-refractivity contribution is 6.74. The molecule has 1 N–H and O–H groups in total. The molecule has 4 atom stereocenters. The van der Waals surface area contributed by atoms with Crippen LogP contribution in [0.3, 0.4) is 0 Å². The van der Waals surface area contributed by atoms with E-state index in [0.29, 0.717) is 18.2 Å². The second-order valence-electron chi connectivity index (χ2n) is 11.9. The summed E-state index contributed by atoms with van der Waals surface area (Å²) in [4.78, 5) is 25.0. The zero-order chi connectivity index (χ0) is 26.2. The second-order valence-corrected chi connectivity index (χ2v) is 16.7. The monoisotopic (exact) mass is 515 g/mol. The molecule has 5 heterocycles. The summed E-state index contributed by atoms with van der Waals surface area (Å²) in [7, 11) is -2.00. The van der Waals surface area contributed by atoms with E-state index in [-0.39, 0.29) is 28.3 Å². The van der Waals surface area contributed by atoms with Gasteiger partial charge in [-0.3, -0.25) is 18.9 Å². The molecule has 196 valence electrons. The van der Waals surface area contributed by atoms with E-state index in [1.807, 2.05) is 44.4 Å². The molecule has 5 rings (SSSR count). The maximum Gasteiger partial charge on any atom is 0.280 e. The summed E-state index contributed by atoms with van der Waals surface area (Å²) in [5.41, 5.74) is 2.31. The zero-order valence-electron chi connectivity index (χ0n) is 22.6. The molecule has 36 heavy (non-hydrogen) atoms. The van der Waals surface area contributed by atoms with Gasteiger partial charge >= 0.3 is 0 Å². The van der Waals surface area contributed by atoms with Gasteiger partial charge in [-0.25, -0.2) is 4.98 Å². The van der Waals surface area contributed by atoms with Gasteiger partial charge in [0.15, 0.2) is 31.5 Å². The van der Waals surface area contributed by atoms with Crippen LogP contribution < -0.4 is 5.56 Å². The van der Waals surface area contributed by atoms with Crippen molar-refractivity contribution in [2.45, 2.75) is 96.9 Å². The molecule has 2 aliphatic heterocycles. The fourth-order valence-electron chi connectivity index (χ4n) is 4.73. The van der Waals surface area contributed by atoms with Crippen LogP contribution in [0.5, 0.6) is 0 Å². The number of hydrogen-bond acceptors (Lipinski definition) is 7.